The number of aryl methyl sites for hydroxylation is 1. The van der Waals surface area contributed by atoms with Gasteiger partial charge in [-0.25, -0.2) is 9.78 Å². The molecule has 0 aliphatic carbocycles. The van der Waals surface area contributed by atoms with E-state index >= 15 is 0 Å². The highest BCUT2D eigenvalue weighted by atomic mass is 79.9. The third kappa shape index (κ3) is 4.56. The molecule has 0 aliphatic heterocycles. The van der Waals surface area contributed by atoms with Gasteiger partial charge < -0.3 is 4.57 Å². The smallest absolute Gasteiger partial charge is 0.325 e. The predicted octanol–water partition coefficient (Wildman–Crippen LogP) is 4.26. The van der Waals surface area contributed by atoms with Gasteiger partial charge in [0.15, 0.2) is 11.2 Å². The summed E-state index contributed by atoms with van der Waals surface area (Å²) < 4.78 is 5.77. The Morgan fingerprint density at radius 3 is 2.23 bits per heavy atom. The minimum atomic E-state index is -0.349. The van der Waals surface area contributed by atoms with Crippen LogP contribution in [0.3, 0.4) is 0 Å². The van der Waals surface area contributed by atoms with Crippen LogP contribution in [0.4, 0.5) is 0 Å². The number of fused-ring (bicyclic) bond motifs is 1. The second-order valence-corrected chi connectivity index (χ2v) is 9.08. The van der Waals surface area contributed by atoms with Crippen molar-refractivity contribution in [1.82, 2.24) is 18.7 Å². The first-order valence-corrected chi connectivity index (χ1v) is 11.2. The summed E-state index contributed by atoms with van der Waals surface area (Å²) in [6.45, 7) is 5.56. The van der Waals surface area contributed by atoms with Gasteiger partial charge in [0, 0.05) is 11.0 Å². The van der Waals surface area contributed by atoms with Gasteiger partial charge in [0.05, 0.1) is 19.4 Å². The number of nitrogens with zero attached hydrogens (tertiary/aromatic N) is 4. The molecule has 0 unspecified atom stereocenters. The first-order chi connectivity index (χ1) is 14.9. The highest BCUT2D eigenvalue weighted by molar-refractivity contribution is 9.10. The van der Waals surface area contributed by atoms with Gasteiger partial charge in [-0.3, -0.25) is 13.9 Å². The van der Waals surface area contributed by atoms with E-state index in [-0.39, 0.29) is 17.8 Å². The fourth-order valence-electron chi connectivity index (χ4n) is 3.63. The molecule has 0 aliphatic rings. The Morgan fingerprint density at radius 1 is 0.903 bits per heavy atom. The van der Waals surface area contributed by atoms with E-state index in [1.54, 1.807) is 10.9 Å². The lowest BCUT2D eigenvalue weighted by Gasteiger charge is -2.13. The van der Waals surface area contributed by atoms with Crippen LogP contribution >= 0.6 is 15.9 Å². The molecule has 0 spiro atoms. The predicted molar refractivity (Wildman–Crippen MR) is 126 cm³/mol. The van der Waals surface area contributed by atoms with E-state index in [9.17, 15) is 9.59 Å². The zero-order chi connectivity index (χ0) is 22.0. The van der Waals surface area contributed by atoms with E-state index < -0.39 is 0 Å². The van der Waals surface area contributed by atoms with E-state index in [0.717, 1.165) is 22.0 Å². The van der Waals surface area contributed by atoms with Gasteiger partial charge in [-0.2, -0.15) is 0 Å². The van der Waals surface area contributed by atoms with E-state index in [1.165, 1.54) is 4.57 Å². The van der Waals surface area contributed by atoms with Crippen LogP contribution in [-0.2, 0) is 19.6 Å². The van der Waals surface area contributed by atoms with Crippen LogP contribution < -0.4 is 11.2 Å². The molecule has 4 aromatic rings. The molecule has 4 rings (SSSR count). The molecule has 0 atom stereocenters. The average molecular weight is 481 g/mol. The number of hydrogen-bond acceptors (Lipinski definition) is 3. The van der Waals surface area contributed by atoms with Crippen molar-refractivity contribution in [3.05, 3.63) is 97.4 Å². The van der Waals surface area contributed by atoms with Crippen LogP contribution in [-0.4, -0.2) is 18.7 Å². The van der Waals surface area contributed by atoms with Crippen LogP contribution in [0, 0.1) is 5.92 Å². The second-order valence-electron chi connectivity index (χ2n) is 8.16. The lowest BCUT2D eigenvalue weighted by atomic mass is 10.1. The van der Waals surface area contributed by atoms with Crippen molar-refractivity contribution < 1.29 is 0 Å². The summed E-state index contributed by atoms with van der Waals surface area (Å²) in [5.74, 6) is 0.498. The van der Waals surface area contributed by atoms with E-state index in [1.807, 2.05) is 59.2 Å². The lowest BCUT2D eigenvalue weighted by molar-refractivity contribution is 0.520. The Bertz CT molecular complexity index is 1300. The van der Waals surface area contributed by atoms with E-state index in [0.29, 0.717) is 30.2 Å². The topological polar surface area (TPSA) is 61.8 Å². The van der Waals surface area contributed by atoms with Crippen LogP contribution in [0.1, 0.15) is 31.4 Å². The van der Waals surface area contributed by atoms with Gasteiger partial charge in [0.25, 0.3) is 5.56 Å². The molecule has 0 bridgehead atoms. The third-order valence-electron chi connectivity index (χ3n) is 5.37. The van der Waals surface area contributed by atoms with Gasteiger partial charge in [-0.15, -0.1) is 0 Å². The molecule has 7 heteroatoms. The molecule has 0 radical (unpaired) electrons. The van der Waals surface area contributed by atoms with Crippen molar-refractivity contribution >= 4 is 27.1 Å². The number of imidazole rings is 1. The maximum atomic E-state index is 13.4. The molecular formula is C24H25BrN4O2. The molecule has 2 heterocycles. The monoisotopic (exact) mass is 480 g/mol. The molecule has 160 valence electrons. The first kappa shape index (κ1) is 21.3. The minimum absolute atomic E-state index is 0.213. The Labute approximate surface area is 188 Å². The van der Waals surface area contributed by atoms with Crippen molar-refractivity contribution in [2.45, 2.75) is 39.9 Å². The maximum absolute atomic E-state index is 13.4. The van der Waals surface area contributed by atoms with Crippen LogP contribution in [0.2, 0.25) is 0 Å². The minimum Gasteiger partial charge on any atom is -0.325 e. The summed E-state index contributed by atoms with van der Waals surface area (Å²) in [5.41, 5.74) is 2.15. The zero-order valence-corrected chi connectivity index (χ0v) is 19.2. The zero-order valence-electron chi connectivity index (χ0n) is 17.7. The second kappa shape index (κ2) is 9.06. The Hall–Kier alpha value is -2.93. The quantitative estimate of drug-likeness (QED) is 0.396. The number of aromatic nitrogens is 4. The lowest BCUT2D eigenvalue weighted by Crippen LogP contribution is -2.41. The molecule has 6 nitrogen and oxygen atoms in total. The first-order valence-electron chi connectivity index (χ1n) is 10.4. The molecule has 0 fully saturated rings. The van der Waals surface area contributed by atoms with Gasteiger partial charge in [0.2, 0.25) is 0 Å². The fraction of sp³-hybridized carbons (Fsp3) is 0.292. The number of benzene rings is 2. The summed E-state index contributed by atoms with van der Waals surface area (Å²) >= 11 is 3.43. The molecule has 0 saturated carbocycles. The third-order valence-corrected chi connectivity index (χ3v) is 5.90. The van der Waals surface area contributed by atoms with Gasteiger partial charge in [-0.1, -0.05) is 72.2 Å². The Morgan fingerprint density at radius 2 is 1.55 bits per heavy atom. The summed E-state index contributed by atoms with van der Waals surface area (Å²) in [6.07, 6.45) is 2.61. The van der Waals surface area contributed by atoms with Gasteiger partial charge >= 0.3 is 5.69 Å². The molecule has 2 aromatic carbocycles. The van der Waals surface area contributed by atoms with Crippen molar-refractivity contribution in [3.63, 3.8) is 0 Å². The van der Waals surface area contributed by atoms with Crippen molar-refractivity contribution in [1.29, 1.82) is 0 Å². The van der Waals surface area contributed by atoms with Crippen molar-refractivity contribution in [3.8, 4) is 0 Å². The molecule has 2 aromatic heterocycles. The summed E-state index contributed by atoms with van der Waals surface area (Å²) in [6, 6.07) is 17.4. The van der Waals surface area contributed by atoms with E-state index in [4.69, 9.17) is 0 Å². The number of hydrogen-bond donors (Lipinski definition) is 0. The van der Waals surface area contributed by atoms with Crippen LogP contribution in [0.5, 0.6) is 0 Å². The standard InChI is InChI=1S/C24H25BrN4O2/c1-17(2)12-13-27-16-26-22-21(27)23(30)29(15-19-8-10-20(25)11-9-19)24(31)28(22)14-18-6-4-3-5-7-18/h3-11,16-17H,12-15H2,1-2H3. The van der Waals surface area contributed by atoms with Crippen molar-refractivity contribution in [2.24, 2.45) is 5.92 Å². The van der Waals surface area contributed by atoms with Gasteiger partial charge in [-0.05, 0) is 35.6 Å². The van der Waals surface area contributed by atoms with E-state index in [2.05, 4.69) is 34.8 Å². The summed E-state index contributed by atoms with van der Waals surface area (Å²) in [5, 5.41) is 0. The number of halogens is 1. The SMILES string of the molecule is CC(C)CCn1cnc2c1c(=O)n(Cc1ccc(Br)cc1)c(=O)n2Cc1ccccc1. The molecular weight excluding hydrogens is 456 g/mol. The fourth-order valence-corrected chi connectivity index (χ4v) is 3.89. The largest absolute Gasteiger partial charge is 0.333 e. The van der Waals surface area contributed by atoms with Crippen LogP contribution in [0.25, 0.3) is 11.2 Å². The molecule has 0 amide bonds. The maximum Gasteiger partial charge on any atom is 0.333 e. The van der Waals surface area contributed by atoms with Crippen molar-refractivity contribution in [2.75, 3.05) is 0 Å². The summed E-state index contributed by atoms with van der Waals surface area (Å²) in [7, 11) is 0. The Kier molecular flexibility index (Phi) is 6.23. The Balaban J connectivity index is 1.88. The summed E-state index contributed by atoms with van der Waals surface area (Å²) in [4.78, 5) is 31.3. The highest BCUT2D eigenvalue weighted by Crippen LogP contribution is 2.14. The van der Waals surface area contributed by atoms with Crippen LogP contribution in [0.15, 0.2) is 75.0 Å². The molecule has 31 heavy (non-hydrogen) atoms. The van der Waals surface area contributed by atoms with Gasteiger partial charge in [0.1, 0.15) is 0 Å². The average Bonchev–Trinajstić information content (AvgIpc) is 3.19. The number of rotatable bonds is 7. The molecule has 0 N–H and O–H groups in total. The normalized spacial score (nSPS) is 11.5. The molecule has 0 saturated heterocycles. The highest BCUT2D eigenvalue weighted by Gasteiger charge is 2.18.